The second kappa shape index (κ2) is 6.09. The van der Waals surface area contributed by atoms with E-state index in [-0.39, 0.29) is 17.0 Å². The minimum Gasteiger partial charge on any atom is -0.367 e. The zero-order chi connectivity index (χ0) is 14.8. The van der Waals surface area contributed by atoms with Crippen molar-refractivity contribution in [3.8, 4) is 0 Å². The number of nitrogens with one attached hydrogen (secondary N) is 1. The van der Waals surface area contributed by atoms with Crippen LogP contribution in [0.3, 0.4) is 0 Å². The summed E-state index contributed by atoms with van der Waals surface area (Å²) in [6.07, 6.45) is -2.61. The molecule has 2 heterocycles. The van der Waals surface area contributed by atoms with Crippen molar-refractivity contribution in [1.82, 2.24) is 14.9 Å². The molecular formula is C11H13ClF4N4. The van der Waals surface area contributed by atoms with Crippen molar-refractivity contribution < 1.29 is 17.6 Å². The molecule has 1 fully saturated rings. The lowest BCUT2D eigenvalue weighted by Crippen LogP contribution is -2.33. The zero-order valence-electron chi connectivity index (χ0n) is 10.4. The maximum Gasteiger partial charge on any atom is 0.401 e. The standard InChI is InChI=1S/C11H13ClF4N4/c12-10-18-4-8(13)9(19-10)17-3-7-1-2-20(5-7)6-11(14,15)16/h4,7H,1-3,5-6H2,(H,17,18,19). The highest BCUT2D eigenvalue weighted by Crippen LogP contribution is 2.23. The number of likely N-dealkylation sites (tertiary alicyclic amines) is 1. The molecule has 2 rings (SSSR count). The molecule has 112 valence electrons. The van der Waals surface area contributed by atoms with Crippen LogP contribution in [0.4, 0.5) is 23.4 Å². The topological polar surface area (TPSA) is 41.1 Å². The Morgan fingerprint density at radius 2 is 2.20 bits per heavy atom. The highest BCUT2D eigenvalue weighted by Gasteiger charge is 2.34. The molecule has 0 saturated carbocycles. The average Bonchev–Trinajstić information content (AvgIpc) is 2.75. The highest BCUT2D eigenvalue weighted by molar-refractivity contribution is 6.28. The molecule has 0 amide bonds. The molecule has 1 atom stereocenters. The molecule has 1 N–H and O–H groups in total. The van der Waals surface area contributed by atoms with E-state index in [0.29, 0.717) is 26.1 Å². The lowest BCUT2D eigenvalue weighted by molar-refractivity contribution is -0.143. The van der Waals surface area contributed by atoms with E-state index in [1.54, 1.807) is 0 Å². The Balaban J connectivity index is 1.82. The summed E-state index contributed by atoms with van der Waals surface area (Å²) < 4.78 is 50.1. The molecular weight excluding hydrogens is 300 g/mol. The van der Waals surface area contributed by atoms with Crippen LogP contribution in [-0.2, 0) is 0 Å². The molecule has 1 aromatic heterocycles. The summed E-state index contributed by atoms with van der Waals surface area (Å²) in [6, 6.07) is 0. The molecule has 1 saturated heterocycles. The van der Waals surface area contributed by atoms with Gasteiger partial charge in [0.25, 0.3) is 0 Å². The fraction of sp³-hybridized carbons (Fsp3) is 0.636. The second-order valence-electron chi connectivity index (χ2n) is 4.72. The average molecular weight is 313 g/mol. The summed E-state index contributed by atoms with van der Waals surface area (Å²) in [5.41, 5.74) is 0. The predicted molar refractivity (Wildman–Crippen MR) is 66.1 cm³/mol. The van der Waals surface area contributed by atoms with Crippen molar-refractivity contribution in [2.45, 2.75) is 12.6 Å². The Morgan fingerprint density at radius 1 is 1.45 bits per heavy atom. The van der Waals surface area contributed by atoms with Crippen LogP contribution in [0.1, 0.15) is 6.42 Å². The lowest BCUT2D eigenvalue weighted by atomic mass is 10.1. The minimum absolute atomic E-state index is 0.0190. The molecule has 0 radical (unpaired) electrons. The third-order valence-electron chi connectivity index (χ3n) is 3.05. The highest BCUT2D eigenvalue weighted by atomic mass is 35.5. The molecule has 0 spiro atoms. The van der Waals surface area contributed by atoms with Gasteiger partial charge < -0.3 is 5.32 Å². The van der Waals surface area contributed by atoms with Gasteiger partial charge in [-0.15, -0.1) is 0 Å². The summed E-state index contributed by atoms with van der Waals surface area (Å²) in [7, 11) is 0. The van der Waals surface area contributed by atoms with Gasteiger partial charge in [-0.1, -0.05) is 0 Å². The van der Waals surface area contributed by atoms with Gasteiger partial charge in [0.15, 0.2) is 11.6 Å². The van der Waals surface area contributed by atoms with E-state index in [0.717, 1.165) is 6.20 Å². The Morgan fingerprint density at radius 3 is 2.90 bits per heavy atom. The summed E-state index contributed by atoms with van der Waals surface area (Å²) in [6.45, 7) is 0.154. The van der Waals surface area contributed by atoms with Crippen LogP contribution in [0.5, 0.6) is 0 Å². The number of alkyl halides is 3. The molecule has 1 unspecified atom stereocenters. The van der Waals surface area contributed by atoms with E-state index in [1.807, 2.05) is 0 Å². The van der Waals surface area contributed by atoms with E-state index in [1.165, 1.54) is 4.90 Å². The fourth-order valence-corrected chi connectivity index (χ4v) is 2.32. The third kappa shape index (κ3) is 4.45. The van der Waals surface area contributed by atoms with E-state index < -0.39 is 18.5 Å². The SMILES string of the molecule is Fc1cnc(Cl)nc1NCC1CCN(CC(F)(F)F)C1. The van der Waals surface area contributed by atoms with Gasteiger partial charge in [-0.2, -0.15) is 18.2 Å². The first-order chi connectivity index (χ1) is 9.33. The van der Waals surface area contributed by atoms with E-state index in [4.69, 9.17) is 11.6 Å². The van der Waals surface area contributed by atoms with Gasteiger partial charge in [0.05, 0.1) is 12.7 Å². The van der Waals surface area contributed by atoms with Gasteiger partial charge >= 0.3 is 6.18 Å². The normalized spacial score (nSPS) is 20.4. The van der Waals surface area contributed by atoms with Crippen LogP contribution in [0.2, 0.25) is 5.28 Å². The number of rotatable bonds is 4. The Kier molecular flexibility index (Phi) is 4.64. The molecule has 9 heteroatoms. The van der Waals surface area contributed by atoms with Crippen molar-refractivity contribution >= 4 is 17.4 Å². The quantitative estimate of drug-likeness (QED) is 0.685. The number of nitrogens with zero attached hydrogens (tertiary/aromatic N) is 3. The van der Waals surface area contributed by atoms with Crippen molar-refractivity contribution in [2.24, 2.45) is 5.92 Å². The molecule has 0 aromatic carbocycles. The molecule has 1 aliphatic heterocycles. The van der Waals surface area contributed by atoms with Crippen molar-refractivity contribution in [3.05, 3.63) is 17.3 Å². The smallest absolute Gasteiger partial charge is 0.367 e. The van der Waals surface area contributed by atoms with Gasteiger partial charge in [0, 0.05) is 13.1 Å². The van der Waals surface area contributed by atoms with Gasteiger partial charge in [0.1, 0.15) is 0 Å². The summed E-state index contributed by atoms with van der Waals surface area (Å²) >= 11 is 5.55. The predicted octanol–water partition coefficient (Wildman–Crippen LogP) is 2.57. The second-order valence-corrected chi connectivity index (χ2v) is 5.06. The Hall–Kier alpha value is -1.15. The first-order valence-electron chi connectivity index (χ1n) is 6.04. The van der Waals surface area contributed by atoms with Gasteiger partial charge in [-0.05, 0) is 30.5 Å². The molecule has 1 aromatic rings. The first kappa shape index (κ1) is 15.2. The van der Waals surface area contributed by atoms with Crippen molar-refractivity contribution in [2.75, 3.05) is 31.5 Å². The minimum atomic E-state index is -4.19. The summed E-state index contributed by atoms with van der Waals surface area (Å²) in [5.74, 6) is -0.649. The van der Waals surface area contributed by atoms with E-state index in [9.17, 15) is 17.6 Å². The van der Waals surface area contributed by atoms with Crippen LogP contribution >= 0.6 is 11.6 Å². The number of anilines is 1. The Bertz CT molecular complexity index is 468. The monoisotopic (exact) mass is 312 g/mol. The van der Waals surface area contributed by atoms with Crippen LogP contribution in [0.25, 0.3) is 0 Å². The van der Waals surface area contributed by atoms with Crippen LogP contribution in [-0.4, -0.2) is 47.2 Å². The lowest BCUT2D eigenvalue weighted by Gasteiger charge is -2.18. The third-order valence-corrected chi connectivity index (χ3v) is 3.23. The largest absolute Gasteiger partial charge is 0.401 e. The van der Waals surface area contributed by atoms with Crippen LogP contribution in [0, 0.1) is 11.7 Å². The molecule has 4 nitrogen and oxygen atoms in total. The first-order valence-corrected chi connectivity index (χ1v) is 6.42. The maximum atomic E-state index is 13.3. The Labute approximate surface area is 118 Å². The van der Waals surface area contributed by atoms with Crippen LogP contribution in [0.15, 0.2) is 6.20 Å². The van der Waals surface area contributed by atoms with Gasteiger partial charge in [-0.25, -0.2) is 9.37 Å². The van der Waals surface area contributed by atoms with Crippen LogP contribution < -0.4 is 5.32 Å². The number of halogens is 5. The number of aromatic nitrogens is 2. The summed E-state index contributed by atoms with van der Waals surface area (Å²) in [4.78, 5) is 8.51. The molecule has 0 bridgehead atoms. The number of hydrogen-bond donors (Lipinski definition) is 1. The molecule has 1 aliphatic rings. The summed E-state index contributed by atoms with van der Waals surface area (Å²) in [5, 5.41) is 2.68. The van der Waals surface area contributed by atoms with Gasteiger partial charge in [-0.3, -0.25) is 4.90 Å². The van der Waals surface area contributed by atoms with Gasteiger partial charge in [0.2, 0.25) is 5.28 Å². The van der Waals surface area contributed by atoms with Crippen molar-refractivity contribution in [1.29, 1.82) is 0 Å². The number of hydrogen-bond acceptors (Lipinski definition) is 4. The zero-order valence-corrected chi connectivity index (χ0v) is 11.2. The molecule has 0 aliphatic carbocycles. The maximum absolute atomic E-state index is 13.3. The van der Waals surface area contributed by atoms with E-state index >= 15 is 0 Å². The molecule has 20 heavy (non-hydrogen) atoms. The fourth-order valence-electron chi connectivity index (χ4n) is 2.19. The van der Waals surface area contributed by atoms with Crippen molar-refractivity contribution in [3.63, 3.8) is 0 Å². The van der Waals surface area contributed by atoms with E-state index in [2.05, 4.69) is 15.3 Å².